The van der Waals surface area contributed by atoms with Crippen LogP contribution in [0.25, 0.3) is 0 Å². The Hall–Kier alpha value is -1.79. The van der Waals surface area contributed by atoms with Gasteiger partial charge in [0.1, 0.15) is 6.04 Å². The first-order chi connectivity index (χ1) is 10.8. The minimum absolute atomic E-state index is 0.0557. The van der Waals surface area contributed by atoms with Crippen LogP contribution in [0.1, 0.15) is 15.2 Å². The van der Waals surface area contributed by atoms with Crippen molar-refractivity contribution in [1.82, 2.24) is 10.2 Å². The molecule has 1 fully saturated rings. The Morgan fingerprint density at radius 2 is 2.00 bits per heavy atom. The van der Waals surface area contributed by atoms with E-state index in [2.05, 4.69) is 5.32 Å². The highest BCUT2D eigenvalue weighted by molar-refractivity contribution is 7.99. The number of nitrogens with zero attached hydrogens (tertiary/aromatic N) is 1. The van der Waals surface area contributed by atoms with E-state index in [9.17, 15) is 9.59 Å². The Kier molecular flexibility index (Phi) is 4.80. The summed E-state index contributed by atoms with van der Waals surface area (Å²) in [6.07, 6.45) is 0. The molecule has 0 saturated carbocycles. The van der Waals surface area contributed by atoms with Crippen molar-refractivity contribution >= 4 is 34.9 Å². The van der Waals surface area contributed by atoms with Crippen molar-refractivity contribution in [1.29, 1.82) is 0 Å². The minimum atomic E-state index is -0.386. The first kappa shape index (κ1) is 15.1. The van der Waals surface area contributed by atoms with Crippen LogP contribution in [0.5, 0.6) is 0 Å². The van der Waals surface area contributed by atoms with Gasteiger partial charge in [-0.3, -0.25) is 9.59 Å². The number of nitrogens with one attached hydrogen (secondary N) is 1. The molecule has 6 heteroatoms. The first-order valence-electron chi connectivity index (χ1n) is 6.99. The zero-order valence-electron chi connectivity index (χ0n) is 11.9. The van der Waals surface area contributed by atoms with Crippen LogP contribution in [-0.4, -0.2) is 34.4 Å². The normalized spacial score (nSPS) is 17.5. The Balaban J connectivity index is 1.62. The molecule has 0 aliphatic carbocycles. The second-order valence-electron chi connectivity index (χ2n) is 4.97. The van der Waals surface area contributed by atoms with Crippen molar-refractivity contribution in [2.24, 2.45) is 0 Å². The summed E-state index contributed by atoms with van der Waals surface area (Å²) in [5.74, 6) is 1.08. The van der Waals surface area contributed by atoms with Crippen LogP contribution in [0.4, 0.5) is 0 Å². The molecule has 1 aliphatic rings. The largest absolute Gasteiger partial charge is 0.350 e. The second-order valence-corrected chi connectivity index (χ2v) is 6.92. The molecule has 22 heavy (non-hydrogen) atoms. The van der Waals surface area contributed by atoms with Crippen molar-refractivity contribution < 1.29 is 9.59 Å². The van der Waals surface area contributed by atoms with E-state index in [-0.39, 0.29) is 17.9 Å². The number of thiophene rings is 1. The summed E-state index contributed by atoms with van der Waals surface area (Å²) in [7, 11) is 0. The van der Waals surface area contributed by atoms with E-state index in [4.69, 9.17) is 0 Å². The lowest BCUT2D eigenvalue weighted by molar-refractivity contribution is -0.124. The van der Waals surface area contributed by atoms with E-state index >= 15 is 0 Å². The van der Waals surface area contributed by atoms with E-state index in [0.29, 0.717) is 23.1 Å². The van der Waals surface area contributed by atoms with Crippen molar-refractivity contribution in [2.75, 3.05) is 11.6 Å². The summed E-state index contributed by atoms with van der Waals surface area (Å²) in [5, 5.41) is 4.80. The van der Waals surface area contributed by atoms with Gasteiger partial charge in [-0.1, -0.05) is 36.4 Å². The van der Waals surface area contributed by atoms with E-state index in [1.54, 1.807) is 22.7 Å². The van der Waals surface area contributed by atoms with Gasteiger partial charge in [-0.05, 0) is 17.0 Å². The molecule has 0 unspecified atom stereocenters. The van der Waals surface area contributed by atoms with Crippen molar-refractivity contribution in [3.8, 4) is 0 Å². The van der Waals surface area contributed by atoms with Crippen LogP contribution >= 0.6 is 23.1 Å². The summed E-state index contributed by atoms with van der Waals surface area (Å²) >= 11 is 3.02. The number of carbonyl (C=O) groups is 2. The highest BCUT2D eigenvalue weighted by Gasteiger charge is 2.35. The molecule has 2 aromatic rings. The molecule has 1 atom stereocenters. The number of benzene rings is 1. The van der Waals surface area contributed by atoms with Crippen LogP contribution in [0.15, 0.2) is 47.8 Å². The molecule has 1 N–H and O–H groups in total. The SMILES string of the molecule is O=C(NCc1ccccc1)[C@H]1CSCN1C(=O)c1cccs1. The molecule has 1 aliphatic heterocycles. The molecule has 114 valence electrons. The summed E-state index contributed by atoms with van der Waals surface area (Å²) in [4.78, 5) is 27.2. The zero-order valence-corrected chi connectivity index (χ0v) is 13.5. The van der Waals surface area contributed by atoms with Gasteiger partial charge in [-0.25, -0.2) is 0 Å². The van der Waals surface area contributed by atoms with Crippen molar-refractivity contribution in [3.05, 3.63) is 58.3 Å². The molecule has 3 rings (SSSR count). The number of carbonyl (C=O) groups excluding carboxylic acids is 2. The van der Waals surface area contributed by atoms with Gasteiger partial charge in [-0.2, -0.15) is 0 Å². The van der Waals surface area contributed by atoms with Gasteiger partial charge >= 0.3 is 0 Å². The predicted octanol–water partition coefficient (Wildman–Crippen LogP) is 2.58. The molecule has 1 aromatic carbocycles. The van der Waals surface area contributed by atoms with Crippen molar-refractivity contribution in [2.45, 2.75) is 12.6 Å². The van der Waals surface area contributed by atoms with Crippen LogP contribution in [0.2, 0.25) is 0 Å². The molecule has 0 bridgehead atoms. The average Bonchev–Trinajstić information content (AvgIpc) is 3.24. The van der Waals surface area contributed by atoms with Gasteiger partial charge in [0.15, 0.2) is 0 Å². The maximum Gasteiger partial charge on any atom is 0.265 e. The molecule has 2 amide bonds. The average molecular weight is 332 g/mol. The van der Waals surface area contributed by atoms with Crippen LogP contribution in [0, 0.1) is 0 Å². The van der Waals surface area contributed by atoms with Crippen molar-refractivity contribution in [3.63, 3.8) is 0 Å². The minimum Gasteiger partial charge on any atom is -0.350 e. The standard InChI is InChI=1S/C16H16N2O2S2/c19-15(17-9-12-5-2-1-3-6-12)13-10-21-11-18(13)16(20)14-7-4-8-22-14/h1-8,13H,9-11H2,(H,17,19)/t13-/m1/s1. The lowest BCUT2D eigenvalue weighted by Crippen LogP contribution is -2.46. The summed E-state index contributed by atoms with van der Waals surface area (Å²) in [6.45, 7) is 0.488. The van der Waals surface area contributed by atoms with Gasteiger partial charge in [0.2, 0.25) is 5.91 Å². The van der Waals surface area contributed by atoms with Gasteiger partial charge in [0.25, 0.3) is 5.91 Å². The van der Waals surface area contributed by atoms with Gasteiger partial charge in [0, 0.05) is 12.3 Å². The third-order valence-electron chi connectivity index (χ3n) is 3.49. The van der Waals surface area contributed by atoms with Gasteiger partial charge in [0.05, 0.1) is 10.8 Å². The third kappa shape index (κ3) is 3.34. The Labute approximate surface area is 137 Å². The molecule has 2 heterocycles. The topological polar surface area (TPSA) is 49.4 Å². The fraction of sp³-hybridized carbons (Fsp3) is 0.250. The van der Waals surface area contributed by atoms with E-state index in [0.717, 1.165) is 5.56 Å². The fourth-order valence-electron chi connectivity index (χ4n) is 2.30. The van der Waals surface area contributed by atoms with E-state index in [1.807, 2.05) is 41.8 Å². The van der Waals surface area contributed by atoms with E-state index in [1.165, 1.54) is 11.3 Å². The Bertz CT molecular complexity index is 643. The molecular formula is C16H16N2O2S2. The highest BCUT2D eigenvalue weighted by Crippen LogP contribution is 2.24. The lowest BCUT2D eigenvalue weighted by atomic mass is 10.2. The number of thioether (sulfide) groups is 1. The number of hydrogen-bond acceptors (Lipinski definition) is 4. The van der Waals surface area contributed by atoms with Gasteiger partial charge in [-0.15, -0.1) is 23.1 Å². The number of rotatable bonds is 4. The summed E-state index contributed by atoms with van der Waals surface area (Å²) in [5.41, 5.74) is 1.05. The maximum atomic E-state index is 12.4. The lowest BCUT2D eigenvalue weighted by Gasteiger charge is -2.22. The third-order valence-corrected chi connectivity index (χ3v) is 5.36. The highest BCUT2D eigenvalue weighted by atomic mass is 32.2. The Morgan fingerprint density at radius 1 is 1.18 bits per heavy atom. The van der Waals surface area contributed by atoms with Crippen LogP contribution < -0.4 is 5.32 Å². The zero-order chi connectivity index (χ0) is 15.4. The van der Waals surface area contributed by atoms with Crippen LogP contribution in [-0.2, 0) is 11.3 Å². The molecule has 1 aromatic heterocycles. The fourth-order valence-corrected chi connectivity index (χ4v) is 4.14. The molecule has 4 nitrogen and oxygen atoms in total. The molecule has 1 saturated heterocycles. The quantitative estimate of drug-likeness (QED) is 0.936. The first-order valence-corrected chi connectivity index (χ1v) is 9.03. The Morgan fingerprint density at radius 3 is 2.73 bits per heavy atom. The monoisotopic (exact) mass is 332 g/mol. The summed E-state index contributed by atoms with van der Waals surface area (Å²) in [6, 6.07) is 13.0. The van der Waals surface area contributed by atoms with E-state index < -0.39 is 0 Å². The number of hydrogen-bond donors (Lipinski definition) is 1. The predicted molar refractivity (Wildman–Crippen MR) is 89.9 cm³/mol. The molecule has 0 radical (unpaired) electrons. The number of amides is 2. The molecule has 0 spiro atoms. The van der Waals surface area contributed by atoms with Gasteiger partial charge < -0.3 is 10.2 Å². The summed E-state index contributed by atoms with van der Waals surface area (Å²) < 4.78 is 0. The second kappa shape index (κ2) is 6.98. The molecular weight excluding hydrogens is 316 g/mol. The maximum absolute atomic E-state index is 12.4. The smallest absolute Gasteiger partial charge is 0.265 e. The van der Waals surface area contributed by atoms with Crippen LogP contribution in [0.3, 0.4) is 0 Å².